The predicted octanol–water partition coefficient (Wildman–Crippen LogP) is 4.79. The Bertz CT molecular complexity index is 387. The van der Waals surface area contributed by atoms with Crippen LogP contribution in [0, 0.1) is 0 Å². The number of hydrogen-bond donors (Lipinski definition) is 0. The third-order valence-electron chi connectivity index (χ3n) is 1.78. The van der Waals surface area contributed by atoms with E-state index in [-0.39, 0.29) is 3.71 Å². The monoisotopic (exact) mass is 322 g/mol. The molecule has 0 saturated heterocycles. The molecule has 10 heteroatoms. The molecule has 19 heavy (non-hydrogen) atoms. The van der Waals surface area contributed by atoms with E-state index in [1.165, 1.54) is 12.3 Å². The van der Waals surface area contributed by atoms with Crippen LogP contribution in [-0.2, 0) is 6.42 Å². The van der Waals surface area contributed by atoms with Crippen LogP contribution in [-0.4, -0.2) is 16.0 Å². The van der Waals surface area contributed by atoms with Gasteiger partial charge in [0.2, 0.25) is 0 Å². The fourth-order valence-corrected chi connectivity index (χ4v) is 2.47. The van der Waals surface area contributed by atoms with Crippen molar-refractivity contribution in [2.24, 2.45) is 0 Å². The van der Waals surface area contributed by atoms with Gasteiger partial charge in [0.1, 0.15) is 5.82 Å². The number of alkyl halides is 6. The standard InChI is InChI=1S/C9H8F6N2S2/c1-2-6-3-4-7(16-5-6)17(18-8(10,11)12)19-9(13,14)15/h3-5H,2H2,1H3. The molecule has 0 fully saturated rings. The van der Waals surface area contributed by atoms with Gasteiger partial charge in [0.05, 0.1) is 23.9 Å². The molecule has 1 aromatic rings. The Hall–Kier alpha value is -0.770. The third kappa shape index (κ3) is 6.28. The van der Waals surface area contributed by atoms with Crippen LogP contribution >= 0.6 is 23.9 Å². The lowest BCUT2D eigenvalue weighted by Crippen LogP contribution is -2.19. The second-order valence-corrected chi connectivity index (χ2v) is 5.46. The average Bonchev–Trinajstić information content (AvgIpc) is 2.24. The number of nitrogens with zero attached hydrogens (tertiary/aromatic N) is 2. The van der Waals surface area contributed by atoms with Gasteiger partial charge in [-0.15, -0.1) is 0 Å². The van der Waals surface area contributed by atoms with Gasteiger partial charge in [-0.2, -0.15) is 26.3 Å². The minimum atomic E-state index is -4.83. The van der Waals surface area contributed by atoms with E-state index in [1.54, 1.807) is 6.92 Å². The summed E-state index contributed by atoms with van der Waals surface area (Å²) in [4.78, 5) is 3.60. The van der Waals surface area contributed by atoms with E-state index in [9.17, 15) is 26.3 Å². The van der Waals surface area contributed by atoms with Crippen LogP contribution in [0.3, 0.4) is 0 Å². The Morgan fingerprint density at radius 1 is 1.05 bits per heavy atom. The summed E-state index contributed by atoms with van der Waals surface area (Å²) >= 11 is -1.78. The molecule has 0 atom stereocenters. The summed E-state index contributed by atoms with van der Waals surface area (Å²) in [6, 6.07) is 2.56. The number of aryl methyl sites for hydroxylation is 1. The van der Waals surface area contributed by atoms with Crippen molar-refractivity contribution in [3.63, 3.8) is 0 Å². The zero-order valence-electron chi connectivity index (χ0n) is 9.42. The fourth-order valence-electron chi connectivity index (χ4n) is 1.03. The number of halogens is 6. The summed E-state index contributed by atoms with van der Waals surface area (Å²) < 4.78 is 73.3. The molecule has 0 saturated carbocycles. The molecule has 1 heterocycles. The normalized spacial score (nSPS) is 12.6. The van der Waals surface area contributed by atoms with E-state index in [4.69, 9.17) is 0 Å². The molecule has 0 radical (unpaired) electrons. The van der Waals surface area contributed by atoms with Crippen LogP contribution in [0.25, 0.3) is 0 Å². The first-order chi connectivity index (χ1) is 8.61. The zero-order chi connectivity index (χ0) is 14.7. The topological polar surface area (TPSA) is 16.1 Å². The van der Waals surface area contributed by atoms with E-state index in [0.29, 0.717) is 6.42 Å². The highest BCUT2D eigenvalue weighted by atomic mass is 32.2. The summed E-state index contributed by atoms with van der Waals surface area (Å²) in [7, 11) is 0. The quantitative estimate of drug-likeness (QED) is 0.585. The molecule has 1 aromatic heterocycles. The third-order valence-corrected chi connectivity index (χ3v) is 3.34. The molecule has 2 nitrogen and oxygen atoms in total. The lowest BCUT2D eigenvalue weighted by atomic mass is 10.2. The molecule has 108 valence electrons. The highest BCUT2D eigenvalue weighted by molar-refractivity contribution is 8.18. The minimum absolute atomic E-state index is 0.000556. The van der Waals surface area contributed by atoms with Gasteiger partial charge in [-0.1, -0.05) is 13.0 Å². The average molecular weight is 322 g/mol. The molecule has 0 aromatic carbocycles. The van der Waals surface area contributed by atoms with Gasteiger partial charge in [0.15, 0.2) is 0 Å². The van der Waals surface area contributed by atoms with Gasteiger partial charge in [0, 0.05) is 6.20 Å². The van der Waals surface area contributed by atoms with Crippen LogP contribution in [0.1, 0.15) is 12.5 Å². The zero-order valence-corrected chi connectivity index (χ0v) is 11.1. The summed E-state index contributed by atoms with van der Waals surface area (Å²) in [6.45, 7) is 1.80. The minimum Gasteiger partial charge on any atom is -0.237 e. The lowest BCUT2D eigenvalue weighted by Gasteiger charge is -2.22. The van der Waals surface area contributed by atoms with Crippen LogP contribution in [0.2, 0.25) is 0 Å². The molecule has 0 aliphatic heterocycles. The summed E-state index contributed by atoms with van der Waals surface area (Å²) in [5.74, 6) is -0.415. The largest absolute Gasteiger partial charge is 0.462 e. The molecule has 0 spiro atoms. The van der Waals surface area contributed by atoms with E-state index in [2.05, 4.69) is 4.98 Å². The van der Waals surface area contributed by atoms with Gasteiger partial charge >= 0.3 is 11.0 Å². The first-order valence-corrected chi connectivity index (χ1v) is 6.42. The number of anilines is 1. The van der Waals surface area contributed by atoms with Crippen LogP contribution < -0.4 is 3.71 Å². The summed E-state index contributed by atoms with van der Waals surface area (Å²) in [6.07, 6.45) is 1.84. The molecule has 0 N–H and O–H groups in total. The van der Waals surface area contributed by atoms with Crippen molar-refractivity contribution in [2.75, 3.05) is 3.71 Å². The Kier molecular flexibility index (Phi) is 5.25. The first-order valence-electron chi connectivity index (χ1n) is 4.87. The van der Waals surface area contributed by atoms with Crippen molar-refractivity contribution >= 4 is 29.7 Å². The highest BCUT2D eigenvalue weighted by Gasteiger charge is 2.40. The molecule has 0 amide bonds. The molecular weight excluding hydrogens is 314 g/mol. The molecule has 0 bridgehead atoms. The van der Waals surface area contributed by atoms with Gasteiger partial charge in [-0.05, 0) is 18.1 Å². The van der Waals surface area contributed by atoms with E-state index >= 15 is 0 Å². The lowest BCUT2D eigenvalue weighted by molar-refractivity contribution is -0.0340. The number of pyridine rings is 1. The van der Waals surface area contributed by atoms with Crippen molar-refractivity contribution in [3.05, 3.63) is 23.9 Å². The smallest absolute Gasteiger partial charge is 0.237 e. The summed E-state index contributed by atoms with van der Waals surface area (Å²) in [5, 5.41) is 0. The Morgan fingerprint density at radius 3 is 1.89 bits per heavy atom. The van der Waals surface area contributed by atoms with Crippen LogP contribution in [0.15, 0.2) is 18.3 Å². The van der Waals surface area contributed by atoms with E-state index in [0.717, 1.165) is 11.6 Å². The molecule has 0 aliphatic carbocycles. The Balaban J connectivity index is 2.94. The van der Waals surface area contributed by atoms with Crippen LogP contribution in [0.4, 0.5) is 32.2 Å². The summed E-state index contributed by atoms with van der Waals surface area (Å²) in [5.41, 5.74) is -8.94. The van der Waals surface area contributed by atoms with E-state index < -0.39 is 40.7 Å². The van der Waals surface area contributed by atoms with Crippen molar-refractivity contribution in [2.45, 2.75) is 24.4 Å². The van der Waals surface area contributed by atoms with Crippen molar-refractivity contribution in [3.8, 4) is 0 Å². The maximum Gasteiger partial charge on any atom is 0.462 e. The van der Waals surface area contributed by atoms with Crippen molar-refractivity contribution in [1.29, 1.82) is 0 Å². The van der Waals surface area contributed by atoms with Crippen molar-refractivity contribution < 1.29 is 26.3 Å². The molecule has 1 rings (SSSR count). The highest BCUT2D eigenvalue weighted by Crippen LogP contribution is 2.45. The van der Waals surface area contributed by atoms with E-state index in [1.807, 2.05) is 0 Å². The first kappa shape index (κ1) is 16.3. The SMILES string of the molecule is CCc1ccc(N(SC(F)(F)F)SC(F)(F)F)nc1. The van der Waals surface area contributed by atoms with Crippen molar-refractivity contribution in [1.82, 2.24) is 4.98 Å². The second-order valence-electron chi connectivity index (χ2n) is 3.21. The number of aromatic nitrogens is 1. The number of hydrogen-bond acceptors (Lipinski definition) is 4. The maximum atomic E-state index is 12.2. The predicted molar refractivity (Wildman–Crippen MR) is 63.4 cm³/mol. The van der Waals surface area contributed by atoms with Crippen LogP contribution in [0.5, 0.6) is 0 Å². The molecule has 0 aliphatic rings. The fraction of sp³-hybridized carbons (Fsp3) is 0.444. The molecule has 0 unspecified atom stereocenters. The van der Waals surface area contributed by atoms with Gasteiger partial charge < -0.3 is 0 Å². The molecular formula is C9H8F6N2S2. The van der Waals surface area contributed by atoms with Gasteiger partial charge in [0.25, 0.3) is 0 Å². The second kappa shape index (κ2) is 6.12. The Morgan fingerprint density at radius 2 is 1.58 bits per heavy atom. The maximum absolute atomic E-state index is 12.2. The van der Waals surface area contributed by atoms with Gasteiger partial charge in [-0.25, -0.2) is 8.69 Å². The Labute approximate surface area is 113 Å². The number of rotatable bonds is 4. The van der Waals surface area contributed by atoms with Gasteiger partial charge in [-0.3, -0.25) is 0 Å².